The number of benzene rings is 1. The predicted octanol–water partition coefficient (Wildman–Crippen LogP) is 8.36. The van der Waals surface area contributed by atoms with Gasteiger partial charge < -0.3 is 12.6 Å². The topological polar surface area (TPSA) is 0 Å². The van der Waals surface area contributed by atoms with Gasteiger partial charge in [0.05, 0.1) is 0 Å². The minimum atomic E-state index is 0.723. The van der Waals surface area contributed by atoms with E-state index in [1.807, 2.05) is 30.3 Å². The molecular weight excluding hydrogens is 440 g/mol. The van der Waals surface area contributed by atoms with E-state index in [9.17, 15) is 0 Å². The predicted molar refractivity (Wildman–Crippen MR) is 133 cm³/mol. The van der Waals surface area contributed by atoms with Crippen molar-refractivity contribution in [2.75, 3.05) is 0 Å². The van der Waals surface area contributed by atoms with Crippen LogP contribution in [0.4, 0.5) is 0 Å². The zero-order valence-electron chi connectivity index (χ0n) is 20.4. The van der Waals surface area contributed by atoms with E-state index in [4.69, 9.17) is 12.6 Å². The third-order valence-corrected chi connectivity index (χ3v) is 6.97. The summed E-state index contributed by atoms with van der Waals surface area (Å²) in [5.74, 6) is 15.4. The summed E-state index contributed by atoms with van der Waals surface area (Å²) in [6.45, 7) is 22.0. The van der Waals surface area contributed by atoms with Crippen molar-refractivity contribution in [2.24, 2.45) is 0 Å². The number of halogens is 1. The van der Waals surface area contributed by atoms with E-state index in [1.54, 1.807) is 0 Å². The number of rotatable bonds is 1. The SMILES string of the molecule is C[C]1[C](C)[C](C)[C](C)[C]1C.C[C]1[C](C)[C](C)[C](C)[C]1C.[Cl][Ti+].[S-]Cc1ccccc1. The first-order valence-corrected chi connectivity index (χ1v) is 13.0. The largest absolute Gasteiger partial charge is 0.788 e. The van der Waals surface area contributed by atoms with Gasteiger partial charge in [-0.2, -0.15) is 5.75 Å². The minimum absolute atomic E-state index is 0.723. The molecule has 0 nitrogen and oxygen atoms in total. The molecule has 0 amide bonds. The van der Waals surface area contributed by atoms with Gasteiger partial charge in [-0.15, -0.1) is 0 Å². The molecule has 0 aliphatic heterocycles. The van der Waals surface area contributed by atoms with Crippen LogP contribution in [-0.4, -0.2) is 0 Å². The average molecular weight is 477 g/mol. The van der Waals surface area contributed by atoms with Gasteiger partial charge in [-0.3, -0.25) is 0 Å². The van der Waals surface area contributed by atoms with Crippen LogP contribution in [0.15, 0.2) is 30.3 Å². The standard InChI is InChI=1S/2C10H15.C7H8S.ClH.Ti/c2*1-6-7(2)9(4)10(5)8(6)3;8-6-7-4-2-1-3-5-7;;/h2*1-5H3;1-5,8H,6H2;1H;/q;;;;+2/p-2. The molecule has 10 radical (unpaired) electrons. The van der Waals surface area contributed by atoms with Gasteiger partial charge in [-0.1, -0.05) is 105 Å². The second-order valence-electron chi connectivity index (χ2n) is 7.88. The fraction of sp³-hybridized carbons (Fsp3) is 0.407. The Balaban J connectivity index is 0.000000406. The summed E-state index contributed by atoms with van der Waals surface area (Å²) in [6, 6.07) is 10.1. The van der Waals surface area contributed by atoms with Crippen LogP contribution in [-0.2, 0) is 37.8 Å². The molecular formula is C27H37ClSTi. The molecule has 162 valence electrons. The maximum Gasteiger partial charge on any atom is -0.0610 e. The van der Waals surface area contributed by atoms with Gasteiger partial charge in [-0.05, 0) is 59.2 Å². The van der Waals surface area contributed by atoms with E-state index in [0.29, 0.717) is 0 Å². The maximum atomic E-state index is 4.82. The van der Waals surface area contributed by atoms with Crippen molar-refractivity contribution in [2.45, 2.75) is 75.0 Å². The quantitative estimate of drug-likeness (QED) is 0.290. The summed E-state index contributed by atoms with van der Waals surface area (Å²) in [7, 11) is 4.64. The Hall–Kier alpha value is 0.574. The molecule has 1 aromatic rings. The normalized spacial score (nSPS) is 21.6. The van der Waals surface area contributed by atoms with Crippen LogP contribution in [0.2, 0.25) is 0 Å². The molecule has 0 atom stereocenters. The van der Waals surface area contributed by atoms with Gasteiger partial charge in [0.15, 0.2) is 0 Å². The van der Waals surface area contributed by atoms with E-state index in [1.165, 1.54) is 84.1 Å². The first-order chi connectivity index (χ1) is 14.0. The molecule has 0 saturated heterocycles. The Morgan fingerprint density at radius 1 is 0.500 bits per heavy atom. The zero-order valence-corrected chi connectivity index (χ0v) is 23.5. The van der Waals surface area contributed by atoms with Crippen LogP contribution < -0.4 is 0 Å². The molecule has 30 heavy (non-hydrogen) atoms. The third kappa shape index (κ3) is 8.49. The Bertz CT molecular complexity index is 431. The number of hydrogen-bond acceptors (Lipinski definition) is 1. The van der Waals surface area contributed by atoms with Crippen molar-refractivity contribution in [3.63, 3.8) is 0 Å². The summed E-state index contributed by atoms with van der Waals surface area (Å²) in [6.07, 6.45) is 0. The van der Waals surface area contributed by atoms with Crippen molar-refractivity contribution in [3.8, 4) is 0 Å². The van der Waals surface area contributed by atoms with Crippen LogP contribution in [0.5, 0.6) is 0 Å². The fourth-order valence-corrected chi connectivity index (χ4v) is 3.58. The van der Waals surface area contributed by atoms with E-state index in [2.05, 4.69) is 78.5 Å². The molecule has 2 aliphatic rings. The smallest absolute Gasteiger partial charge is 0.0610 e. The molecule has 0 aromatic heterocycles. The van der Waals surface area contributed by atoms with Crippen molar-refractivity contribution in [1.29, 1.82) is 0 Å². The summed E-state index contributed by atoms with van der Waals surface area (Å²) in [5, 5.41) is 0. The Morgan fingerprint density at radius 2 is 0.700 bits per heavy atom. The van der Waals surface area contributed by atoms with Gasteiger partial charge in [0.2, 0.25) is 0 Å². The van der Waals surface area contributed by atoms with Crippen LogP contribution in [0.3, 0.4) is 0 Å². The fourth-order valence-electron chi connectivity index (χ4n) is 3.39. The van der Waals surface area contributed by atoms with Crippen LogP contribution in [0.1, 0.15) is 74.8 Å². The molecule has 2 fully saturated rings. The molecule has 3 rings (SSSR count). The molecule has 0 bridgehead atoms. The molecule has 1 aromatic carbocycles. The second kappa shape index (κ2) is 15.4. The summed E-state index contributed by atoms with van der Waals surface area (Å²) < 4.78 is 0. The first kappa shape index (κ1) is 30.6. The van der Waals surface area contributed by atoms with Crippen LogP contribution in [0.25, 0.3) is 0 Å². The average Bonchev–Trinajstić information content (AvgIpc) is 3.06. The third-order valence-electron chi connectivity index (χ3n) is 6.63. The van der Waals surface area contributed by atoms with Crippen molar-refractivity contribution >= 4 is 21.9 Å². The number of hydrogen-bond donors (Lipinski definition) is 0. The molecule has 0 heterocycles. The molecule has 2 aliphatic carbocycles. The van der Waals surface area contributed by atoms with Crippen molar-refractivity contribution in [3.05, 3.63) is 95.1 Å². The minimum Gasteiger partial charge on any atom is -0.788 e. The zero-order chi connectivity index (χ0) is 23.6. The maximum absolute atomic E-state index is 4.82. The molecule has 0 N–H and O–H groups in total. The van der Waals surface area contributed by atoms with E-state index < -0.39 is 0 Å². The first-order valence-electron chi connectivity index (χ1n) is 10.2. The van der Waals surface area contributed by atoms with E-state index >= 15 is 0 Å². The van der Waals surface area contributed by atoms with Gasteiger partial charge in [0, 0.05) is 0 Å². The van der Waals surface area contributed by atoms with Crippen molar-refractivity contribution < 1.29 is 19.4 Å². The Morgan fingerprint density at radius 3 is 0.833 bits per heavy atom. The Labute approximate surface area is 210 Å². The second-order valence-corrected chi connectivity index (χ2v) is 8.17. The van der Waals surface area contributed by atoms with E-state index in [0.717, 1.165) is 5.75 Å². The van der Waals surface area contributed by atoms with Gasteiger partial charge in [-0.25, -0.2) is 0 Å². The summed E-state index contributed by atoms with van der Waals surface area (Å²) in [5.41, 5.74) is 1.22. The molecule has 2 saturated carbocycles. The van der Waals surface area contributed by atoms with Crippen LogP contribution in [0, 0.1) is 59.2 Å². The monoisotopic (exact) mass is 476 g/mol. The molecule has 0 unspecified atom stereocenters. The van der Waals surface area contributed by atoms with Gasteiger partial charge in [0.25, 0.3) is 0 Å². The summed E-state index contributed by atoms with van der Waals surface area (Å²) >= 11 is 6.29. The van der Waals surface area contributed by atoms with Crippen molar-refractivity contribution in [1.82, 2.24) is 0 Å². The summed E-state index contributed by atoms with van der Waals surface area (Å²) in [4.78, 5) is 0. The van der Waals surface area contributed by atoms with Gasteiger partial charge >= 0.3 is 28.7 Å². The van der Waals surface area contributed by atoms with Gasteiger partial charge in [0.1, 0.15) is 0 Å². The molecule has 3 heteroatoms. The molecule has 0 spiro atoms. The van der Waals surface area contributed by atoms with E-state index in [-0.39, 0.29) is 0 Å². The Kier molecular flexibility index (Phi) is 15.7. The van der Waals surface area contributed by atoms with Crippen LogP contribution >= 0.6 is 9.30 Å².